The van der Waals surface area contributed by atoms with Crippen molar-refractivity contribution in [3.8, 4) is 17.1 Å². The summed E-state index contributed by atoms with van der Waals surface area (Å²) in [4.78, 5) is 3.11. The van der Waals surface area contributed by atoms with E-state index in [0.717, 1.165) is 28.2 Å². The Morgan fingerprint density at radius 2 is 2.06 bits per heavy atom. The van der Waals surface area contributed by atoms with Crippen LogP contribution in [0.25, 0.3) is 22.4 Å². The molecule has 16 heavy (non-hydrogen) atoms. The second-order valence-corrected chi connectivity index (χ2v) is 3.57. The highest BCUT2D eigenvalue weighted by atomic mass is 16.5. The average molecular weight is 213 g/mol. The molecule has 3 rings (SSSR count). The molecule has 0 spiro atoms. The Kier molecular flexibility index (Phi) is 1.96. The fourth-order valence-corrected chi connectivity index (χ4v) is 1.83. The van der Waals surface area contributed by atoms with Crippen LogP contribution >= 0.6 is 0 Å². The zero-order chi connectivity index (χ0) is 11.0. The van der Waals surface area contributed by atoms with Crippen molar-refractivity contribution in [2.24, 2.45) is 0 Å². The third-order valence-electron chi connectivity index (χ3n) is 2.61. The molecule has 3 aromatic rings. The summed E-state index contributed by atoms with van der Waals surface area (Å²) < 4.78 is 11.0. The van der Waals surface area contributed by atoms with Crippen LogP contribution in [0, 0.1) is 0 Å². The number of aromatic nitrogens is 1. The number of rotatable bonds is 2. The molecular weight excluding hydrogens is 202 g/mol. The standard InChI is InChI=1S/C13H11NO2/c1-15-11-5-3-2-4-9(11)13-8-10-12(16-13)6-7-14-10/h2-8,14H,1H3. The van der Waals surface area contributed by atoms with Gasteiger partial charge in [0.15, 0.2) is 5.58 Å². The summed E-state index contributed by atoms with van der Waals surface area (Å²) in [6.07, 6.45) is 1.86. The molecule has 0 saturated carbocycles. The van der Waals surface area contributed by atoms with E-state index in [4.69, 9.17) is 9.15 Å². The number of para-hydroxylation sites is 1. The molecule has 0 aliphatic carbocycles. The maximum atomic E-state index is 5.73. The quantitative estimate of drug-likeness (QED) is 0.708. The second kappa shape index (κ2) is 3.45. The van der Waals surface area contributed by atoms with Crippen molar-refractivity contribution in [2.45, 2.75) is 0 Å². The Morgan fingerprint density at radius 3 is 2.88 bits per heavy atom. The average Bonchev–Trinajstić information content (AvgIpc) is 2.89. The van der Waals surface area contributed by atoms with Crippen LogP contribution in [0.1, 0.15) is 0 Å². The molecule has 0 aliphatic rings. The first-order valence-electron chi connectivity index (χ1n) is 5.09. The molecule has 0 aliphatic heterocycles. The number of furan rings is 1. The predicted molar refractivity (Wildman–Crippen MR) is 62.6 cm³/mol. The Balaban J connectivity index is 2.18. The normalized spacial score (nSPS) is 10.8. The van der Waals surface area contributed by atoms with Gasteiger partial charge in [-0.3, -0.25) is 0 Å². The van der Waals surface area contributed by atoms with Crippen LogP contribution in [-0.4, -0.2) is 12.1 Å². The number of H-pyrrole nitrogens is 1. The molecule has 0 amide bonds. The number of aromatic amines is 1. The minimum Gasteiger partial charge on any atom is -0.496 e. The van der Waals surface area contributed by atoms with Gasteiger partial charge in [0, 0.05) is 12.3 Å². The Labute approximate surface area is 92.7 Å². The Morgan fingerprint density at radius 1 is 1.19 bits per heavy atom. The second-order valence-electron chi connectivity index (χ2n) is 3.57. The number of ether oxygens (including phenoxy) is 1. The van der Waals surface area contributed by atoms with E-state index in [9.17, 15) is 0 Å². The molecule has 3 heteroatoms. The maximum absolute atomic E-state index is 5.73. The molecule has 1 N–H and O–H groups in total. The number of benzene rings is 1. The fourth-order valence-electron chi connectivity index (χ4n) is 1.83. The summed E-state index contributed by atoms with van der Waals surface area (Å²) >= 11 is 0. The van der Waals surface area contributed by atoms with E-state index < -0.39 is 0 Å². The molecule has 0 fully saturated rings. The first kappa shape index (κ1) is 9.09. The highest BCUT2D eigenvalue weighted by Gasteiger charge is 2.10. The van der Waals surface area contributed by atoms with Crippen LogP contribution in [0.15, 0.2) is 47.0 Å². The highest BCUT2D eigenvalue weighted by Crippen LogP contribution is 2.33. The Hall–Kier alpha value is -2.16. The van der Waals surface area contributed by atoms with E-state index in [1.165, 1.54) is 0 Å². The predicted octanol–water partition coefficient (Wildman–Crippen LogP) is 3.44. The molecule has 2 heterocycles. The smallest absolute Gasteiger partial charge is 0.152 e. The number of nitrogens with one attached hydrogen (secondary N) is 1. The van der Waals surface area contributed by atoms with Crippen molar-refractivity contribution in [1.29, 1.82) is 0 Å². The summed E-state index contributed by atoms with van der Waals surface area (Å²) in [5.74, 6) is 1.64. The third-order valence-corrected chi connectivity index (χ3v) is 2.61. The number of hydrogen-bond donors (Lipinski definition) is 1. The lowest BCUT2D eigenvalue weighted by atomic mass is 10.1. The number of methoxy groups -OCH3 is 1. The summed E-state index contributed by atoms with van der Waals surface area (Å²) in [6.45, 7) is 0. The first-order valence-corrected chi connectivity index (χ1v) is 5.09. The lowest BCUT2D eigenvalue weighted by Crippen LogP contribution is -1.85. The van der Waals surface area contributed by atoms with Gasteiger partial charge >= 0.3 is 0 Å². The van der Waals surface area contributed by atoms with Crippen molar-refractivity contribution in [2.75, 3.05) is 7.11 Å². The van der Waals surface area contributed by atoms with Crippen molar-refractivity contribution < 1.29 is 9.15 Å². The van der Waals surface area contributed by atoms with E-state index in [1.807, 2.05) is 42.6 Å². The van der Waals surface area contributed by atoms with Gasteiger partial charge in [0.05, 0.1) is 18.2 Å². The van der Waals surface area contributed by atoms with Crippen molar-refractivity contribution in [3.05, 3.63) is 42.6 Å². The van der Waals surface area contributed by atoms with Gasteiger partial charge in [-0.1, -0.05) is 12.1 Å². The number of hydrogen-bond acceptors (Lipinski definition) is 2. The minimum atomic E-state index is 0.818. The van der Waals surface area contributed by atoms with E-state index in [-0.39, 0.29) is 0 Å². The summed E-state index contributed by atoms with van der Waals surface area (Å²) in [5, 5.41) is 0. The van der Waals surface area contributed by atoms with Crippen molar-refractivity contribution in [3.63, 3.8) is 0 Å². The van der Waals surface area contributed by atoms with Gasteiger partial charge < -0.3 is 14.1 Å². The zero-order valence-corrected chi connectivity index (χ0v) is 8.86. The molecule has 80 valence electrons. The van der Waals surface area contributed by atoms with Crippen LogP contribution in [-0.2, 0) is 0 Å². The van der Waals surface area contributed by atoms with Crippen LogP contribution in [0.2, 0.25) is 0 Å². The van der Waals surface area contributed by atoms with Crippen molar-refractivity contribution in [1.82, 2.24) is 4.98 Å². The molecule has 0 radical (unpaired) electrons. The summed E-state index contributed by atoms with van der Waals surface area (Å²) in [7, 11) is 1.66. The van der Waals surface area contributed by atoms with E-state index >= 15 is 0 Å². The minimum absolute atomic E-state index is 0.818. The lowest BCUT2D eigenvalue weighted by molar-refractivity contribution is 0.415. The van der Waals surface area contributed by atoms with Gasteiger partial charge in [0.25, 0.3) is 0 Å². The Bertz CT molecular complexity index is 593. The highest BCUT2D eigenvalue weighted by molar-refractivity contribution is 5.81. The van der Waals surface area contributed by atoms with Gasteiger partial charge in [0.2, 0.25) is 0 Å². The third kappa shape index (κ3) is 1.29. The van der Waals surface area contributed by atoms with Crippen LogP contribution in [0.4, 0.5) is 0 Å². The van der Waals surface area contributed by atoms with E-state index in [2.05, 4.69) is 4.98 Å². The monoisotopic (exact) mass is 213 g/mol. The largest absolute Gasteiger partial charge is 0.496 e. The number of fused-ring (bicyclic) bond motifs is 1. The molecule has 0 unspecified atom stereocenters. The fraction of sp³-hybridized carbons (Fsp3) is 0.0769. The summed E-state index contributed by atoms with van der Waals surface area (Å²) in [5.41, 5.74) is 2.83. The topological polar surface area (TPSA) is 38.2 Å². The molecular formula is C13H11NO2. The molecule has 0 bridgehead atoms. The first-order chi connectivity index (χ1) is 7.88. The van der Waals surface area contributed by atoms with Gasteiger partial charge in [-0.25, -0.2) is 0 Å². The molecule has 0 saturated heterocycles. The van der Waals surface area contributed by atoms with Crippen molar-refractivity contribution >= 4 is 11.1 Å². The molecule has 0 atom stereocenters. The maximum Gasteiger partial charge on any atom is 0.152 e. The van der Waals surface area contributed by atoms with Crippen LogP contribution in [0.3, 0.4) is 0 Å². The van der Waals surface area contributed by atoms with Gasteiger partial charge in [-0.15, -0.1) is 0 Å². The summed E-state index contributed by atoms with van der Waals surface area (Å²) in [6, 6.07) is 11.7. The van der Waals surface area contributed by atoms with E-state index in [0.29, 0.717) is 0 Å². The van der Waals surface area contributed by atoms with Crippen LogP contribution < -0.4 is 4.74 Å². The van der Waals surface area contributed by atoms with E-state index in [1.54, 1.807) is 7.11 Å². The van der Waals surface area contributed by atoms with Gasteiger partial charge in [-0.2, -0.15) is 0 Å². The molecule has 3 nitrogen and oxygen atoms in total. The SMILES string of the molecule is COc1ccccc1-c1cc2[nH]ccc2o1. The van der Waals surface area contributed by atoms with Gasteiger partial charge in [-0.05, 0) is 18.2 Å². The van der Waals surface area contributed by atoms with Gasteiger partial charge in [0.1, 0.15) is 11.5 Å². The van der Waals surface area contributed by atoms with Crippen LogP contribution in [0.5, 0.6) is 5.75 Å². The zero-order valence-electron chi connectivity index (χ0n) is 8.86. The molecule has 1 aromatic carbocycles. The lowest BCUT2D eigenvalue weighted by Gasteiger charge is -2.04. The molecule has 2 aromatic heterocycles.